The number of aliphatic carboxylic acids is 1. The molecule has 1 aliphatic heterocycles. The molecule has 1 fully saturated rings. The first-order valence-electron chi connectivity index (χ1n) is 8.60. The third kappa shape index (κ3) is 4.61. The highest BCUT2D eigenvalue weighted by Crippen LogP contribution is 2.33. The zero-order valence-corrected chi connectivity index (χ0v) is 16.9. The molecular weight excluding hydrogens is 370 g/mol. The molecule has 0 saturated carbocycles. The largest absolute Gasteiger partial charge is 0.480 e. The molecule has 1 aliphatic rings. The molecule has 0 bridgehead atoms. The predicted molar refractivity (Wildman–Crippen MR) is 99.9 cm³/mol. The molecule has 0 aromatic heterocycles. The number of carboxylic acid groups (broad SMARTS) is 1. The summed E-state index contributed by atoms with van der Waals surface area (Å²) in [7, 11) is -4.03. The Morgan fingerprint density at radius 2 is 1.96 bits per heavy atom. The van der Waals surface area contributed by atoms with Gasteiger partial charge in [0.2, 0.25) is 10.0 Å². The topological polar surface area (TPSA) is 93.1 Å². The van der Waals surface area contributed by atoms with E-state index >= 15 is 0 Å². The van der Waals surface area contributed by atoms with Crippen LogP contribution in [0.1, 0.15) is 34.6 Å². The summed E-state index contributed by atoms with van der Waals surface area (Å²) in [6.07, 6.45) is -0.754. The standard InChI is InChI=1S/C19H25NO6S/c1-6-7-13(2)25-15-8-10-16(11-9-15)27(23,24)20-12-14(3)26-19(4,5)17(20)18(21)22/h8-11,13-14,17H,12H2,1-5H3,(H,21,22). The predicted octanol–water partition coefficient (Wildman–Crippen LogP) is 2.12. The number of carbonyl (C=O) groups is 1. The van der Waals surface area contributed by atoms with Gasteiger partial charge in [0.25, 0.3) is 0 Å². The lowest BCUT2D eigenvalue weighted by atomic mass is 9.96. The Morgan fingerprint density at radius 1 is 1.37 bits per heavy atom. The molecule has 1 N–H and O–H groups in total. The molecule has 8 heteroatoms. The zero-order valence-electron chi connectivity index (χ0n) is 16.1. The molecule has 2 rings (SSSR count). The summed E-state index contributed by atoms with van der Waals surface area (Å²) in [6, 6.07) is 4.55. The van der Waals surface area contributed by atoms with Crippen molar-refractivity contribution >= 4 is 16.0 Å². The Bertz CT molecular complexity index is 850. The second kappa shape index (κ2) is 7.89. The van der Waals surface area contributed by atoms with E-state index in [-0.39, 0.29) is 17.5 Å². The van der Waals surface area contributed by atoms with Crippen molar-refractivity contribution < 1.29 is 27.8 Å². The summed E-state index contributed by atoms with van der Waals surface area (Å²) in [6.45, 7) is 8.34. The fraction of sp³-hybridized carbons (Fsp3) is 0.526. The number of morpholine rings is 1. The first-order valence-corrected chi connectivity index (χ1v) is 10.0. The van der Waals surface area contributed by atoms with Crippen LogP contribution in [-0.2, 0) is 19.6 Å². The summed E-state index contributed by atoms with van der Waals surface area (Å²) in [5, 5.41) is 9.62. The number of sulfonamides is 1. The van der Waals surface area contributed by atoms with Crippen LogP contribution in [0.4, 0.5) is 0 Å². The van der Waals surface area contributed by atoms with Gasteiger partial charge in [-0.1, -0.05) is 5.92 Å². The van der Waals surface area contributed by atoms with Crippen molar-refractivity contribution in [3.63, 3.8) is 0 Å². The second-order valence-electron chi connectivity index (χ2n) is 6.97. The number of hydrogen-bond donors (Lipinski definition) is 1. The highest BCUT2D eigenvalue weighted by molar-refractivity contribution is 7.89. The average Bonchev–Trinajstić information content (AvgIpc) is 2.53. The van der Waals surface area contributed by atoms with Gasteiger partial charge in [-0.2, -0.15) is 4.31 Å². The molecule has 0 spiro atoms. The maximum atomic E-state index is 13.1. The van der Waals surface area contributed by atoms with Crippen LogP contribution in [0.3, 0.4) is 0 Å². The maximum Gasteiger partial charge on any atom is 0.325 e. The number of hydrogen-bond acceptors (Lipinski definition) is 5. The zero-order chi connectivity index (χ0) is 20.4. The summed E-state index contributed by atoms with van der Waals surface area (Å²) in [5.74, 6) is 4.83. The summed E-state index contributed by atoms with van der Waals surface area (Å²) in [5.41, 5.74) is -1.16. The quantitative estimate of drug-likeness (QED) is 0.768. The SMILES string of the molecule is CC#CC(C)Oc1ccc(S(=O)(=O)N2CC(C)OC(C)(C)C2C(=O)O)cc1. The van der Waals surface area contributed by atoms with Gasteiger partial charge in [-0.25, -0.2) is 8.42 Å². The van der Waals surface area contributed by atoms with Gasteiger partial charge in [0, 0.05) is 6.54 Å². The lowest BCUT2D eigenvalue weighted by Gasteiger charge is -2.45. The molecule has 0 radical (unpaired) electrons. The molecule has 3 atom stereocenters. The highest BCUT2D eigenvalue weighted by atomic mass is 32.2. The van der Waals surface area contributed by atoms with Gasteiger partial charge in [0.05, 0.1) is 16.6 Å². The van der Waals surface area contributed by atoms with Gasteiger partial charge < -0.3 is 14.6 Å². The van der Waals surface area contributed by atoms with Crippen LogP contribution in [-0.4, -0.2) is 54.2 Å². The number of nitrogens with zero attached hydrogens (tertiary/aromatic N) is 1. The van der Waals surface area contributed by atoms with Crippen molar-refractivity contribution in [3.05, 3.63) is 24.3 Å². The number of rotatable bonds is 5. The van der Waals surface area contributed by atoms with E-state index in [0.29, 0.717) is 5.75 Å². The maximum absolute atomic E-state index is 13.1. The molecule has 7 nitrogen and oxygen atoms in total. The Labute approximate surface area is 160 Å². The monoisotopic (exact) mass is 395 g/mol. The van der Waals surface area contributed by atoms with E-state index in [4.69, 9.17) is 9.47 Å². The van der Waals surface area contributed by atoms with E-state index in [1.807, 2.05) is 0 Å². The second-order valence-corrected chi connectivity index (χ2v) is 8.86. The minimum Gasteiger partial charge on any atom is -0.480 e. The van der Waals surface area contributed by atoms with Gasteiger partial charge in [-0.15, -0.1) is 5.92 Å². The van der Waals surface area contributed by atoms with E-state index < -0.39 is 33.7 Å². The van der Waals surface area contributed by atoms with E-state index in [2.05, 4.69) is 11.8 Å². The van der Waals surface area contributed by atoms with Gasteiger partial charge in [0.15, 0.2) is 12.1 Å². The van der Waals surface area contributed by atoms with Crippen LogP contribution < -0.4 is 4.74 Å². The van der Waals surface area contributed by atoms with Crippen LogP contribution in [0, 0.1) is 11.8 Å². The normalized spacial score (nSPS) is 23.7. The first-order chi connectivity index (χ1) is 12.5. The molecule has 0 aliphatic carbocycles. The molecule has 1 heterocycles. The number of carboxylic acids is 1. The highest BCUT2D eigenvalue weighted by Gasteiger charge is 2.50. The van der Waals surface area contributed by atoms with Crippen molar-refractivity contribution in [2.75, 3.05) is 6.54 Å². The molecule has 1 saturated heterocycles. The summed E-state index contributed by atoms with van der Waals surface area (Å²) in [4.78, 5) is 11.8. The van der Waals surface area contributed by atoms with E-state index in [9.17, 15) is 18.3 Å². The Hall–Kier alpha value is -2.08. The Kier molecular flexibility index (Phi) is 6.20. The van der Waals surface area contributed by atoms with Crippen LogP contribution in [0.25, 0.3) is 0 Å². The number of benzene rings is 1. The smallest absolute Gasteiger partial charge is 0.325 e. The number of ether oxygens (including phenoxy) is 2. The van der Waals surface area contributed by atoms with Crippen molar-refractivity contribution in [2.24, 2.45) is 0 Å². The minimum atomic E-state index is -4.03. The van der Waals surface area contributed by atoms with Gasteiger partial charge >= 0.3 is 5.97 Å². The van der Waals surface area contributed by atoms with Crippen LogP contribution in [0.5, 0.6) is 5.75 Å². The Balaban J connectivity index is 2.35. The molecule has 148 valence electrons. The van der Waals surface area contributed by atoms with Crippen molar-refractivity contribution in [2.45, 2.75) is 63.4 Å². The summed E-state index contributed by atoms with van der Waals surface area (Å²) >= 11 is 0. The van der Waals surface area contributed by atoms with Gasteiger partial charge in [-0.05, 0) is 58.9 Å². The van der Waals surface area contributed by atoms with Gasteiger partial charge in [-0.3, -0.25) is 4.79 Å². The van der Waals surface area contributed by atoms with E-state index in [0.717, 1.165) is 4.31 Å². The Morgan fingerprint density at radius 3 is 2.48 bits per heavy atom. The fourth-order valence-corrected chi connectivity index (χ4v) is 5.02. The molecule has 3 unspecified atom stereocenters. The molecule has 1 aromatic carbocycles. The molecule has 27 heavy (non-hydrogen) atoms. The average molecular weight is 395 g/mol. The van der Waals surface area contributed by atoms with Crippen LogP contribution in [0.15, 0.2) is 29.2 Å². The summed E-state index contributed by atoms with van der Waals surface area (Å²) < 4.78 is 38.5. The molecule has 1 aromatic rings. The van der Waals surface area contributed by atoms with Crippen molar-refractivity contribution in [1.82, 2.24) is 4.31 Å². The first kappa shape index (κ1) is 21.2. The van der Waals surface area contributed by atoms with E-state index in [1.54, 1.807) is 34.6 Å². The van der Waals surface area contributed by atoms with E-state index in [1.165, 1.54) is 24.3 Å². The lowest BCUT2D eigenvalue weighted by Crippen LogP contribution is -2.63. The third-order valence-corrected chi connectivity index (χ3v) is 6.06. The fourth-order valence-electron chi connectivity index (χ4n) is 3.25. The minimum absolute atomic E-state index is 0.000212. The lowest BCUT2D eigenvalue weighted by molar-refractivity contribution is -0.174. The molecule has 0 amide bonds. The third-order valence-electron chi connectivity index (χ3n) is 4.21. The van der Waals surface area contributed by atoms with Crippen LogP contribution in [0.2, 0.25) is 0 Å². The molecular formula is C19H25NO6S. The van der Waals surface area contributed by atoms with Crippen molar-refractivity contribution in [3.8, 4) is 17.6 Å². The van der Waals surface area contributed by atoms with Crippen LogP contribution >= 0.6 is 0 Å². The van der Waals surface area contributed by atoms with Gasteiger partial charge in [0.1, 0.15) is 5.75 Å². The van der Waals surface area contributed by atoms with Crippen molar-refractivity contribution in [1.29, 1.82) is 0 Å².